The summed E-state index contributed by atoms with van der Waals surface area (Å²) in [6, 6.07) is 37.9. The number of nitrogens with zero attached hydrogens (tertiary/aromatic N) is 3. The highest BCUT2D eigenvalue weighted by Crippen LogP contribution is 2.43. The Morgan fingerprint density at radius 2 is 1.03 bits per heavy atom. The number of para-hydroxylation sites is 1. The van der Waals surface area contributed by atoms with Crippen LogP contribution >= 0.6 is 0 Å². The average molecular weight is 515 g/mol. The molecule has 1 aliphatic rings. The van der Waals surface area contributed by atoms with Crippen molar-refractivity contribution < 1.29 is 4.58 Å². The summed E-state index contributed by atoms with van der Waals surface area (Å²) in [4.78, 5) is 4.80. The van der Waals surface area contributed by atoms with E-state index in [0.29, 0.717) is 0 Å². The molecule has 5 rings (SSSR count). The number of benzene rings is 4. The molecule has 0 bridgehead atoms. The Morgan fingerprint density at radius 3 is 1.51 bits per heavy atom. The Hall–Kier alpha value is -4.11. The zero-order chi connectivity index (χ0) is 27.4. The zero-order valence-corrected chi connectivity index (χ0v) is 24.0. The SMILES string of the molecule is CCN(CC)c1ccc(C(=C2C(c3ccccc3)=[N+](C)c3ccccc32)c2ccc(N(CC)CC)cc2)cc1. The molecular weight excluding hydrogens is 474 g/mol. The second-order valence-electron chi connectivity index (χ2n) is 9.98. The van der Waals surface area contributed by atoms with E-state index in [-0.39, 0.29) is 0 Å². The summed E-state index contributed by atoms with van der Waals surface area (Å²) < 4.78 is 2.36. The second-order valence-corrected chi connectivity index (χ2v) is 9.98. The Balaban J connectivity index is 1.78. The van der Waals surface area contributed by atoms with Crippen LogP contribution in [0.25, 0.3) is 11.1 Å². The molecule has 3 heteroatoms. The van der Waals surface area contributed by atoms with Crippen molar-refractivity contribution in [3.8, 4) is 0 Å². The highest BCUT2D eigenvalue weighted by Gasteiger charge is 2.36. The van der Waals surface area contributed by atoms with Crippen LogP contribution in [0, 0.1) is 0 Å². The fourth-order valence-electron chi connectivity index (χ4n) is 5.89. The van der Waals surface area contributed by atoms with Gasteiger partial charge in [0.2, 0.25) is 11.4 Å². The van der Waals surface area contributed by atoms with E-state index in [9.17, 15) is 0 Å². The first kappa shape index (κ1) is 26.5. The first-order valence-corrected chi connectivity index (χ1v) is 14.3. The van der Waals surface area contributed by atoms with Crippen LogP contribution in [0.3, 0.4) is 0 Å². The molecule has 0 unspecified atom stereocenters. The van der Waals surface area contributed by atoms with Crippen molar-refractivity contribution in [1.82, 2.24) is 0 Å². The molecule has 0 saturated heterocycles. The van der Waals surface area contributed by atoms with E-state index in [1.165, 1.54) is 56.2 Å². The van der Waals surface area contributed by atoms with Crippen LogP contribution in [0.5, 0.6) is 0 Å². The van der Waals surface area contributed by atoms with E-state index in [1.54, 1.807) is 0 Å². The molecule has 0 atom stereocenters. The Morgan fingerprint density at radius 1 is 0.564 bits per heavy atom. The third-order valence-electron chi connectivity index (χ3n) is 7.97. The van der Waals surface area contributed by atoms with Gasteiger partial charge in [-0.3, -0.25) is 0 Å². The minimum atomic E-state index is 1.00. The third-order valence-corrected chi connectivity index (χ3v) is 7.97. The summed E-state index contributed by atoms with van der Waals surface area (Å²) in [6.45, 7) is 12.9. The summed E-state index contributed by atoms with van der Waals surface area (Å²) >= 11 is 0. The van der Waals surface area contributed by atoms with Crippen LogP contribution in [0.15, 0.2) is 103 Å². The molecule has 39 heavy (non-hydrogen) atoms. The molecule has 1 heterocycles. The molecule has 4 aromatic rings. The largest absolute Gasteiger partial charge is 0.372 e. The van der Waals surface area contributed by atoms with E-state index < -0.39 is 0 Å². The van der Waals surface area contributed by atoms with Crippen molar-refractivity contribution in [1.29, 1.82) is 0 Å². The van der Waals surface area contributed by atoms with Crippen molar-refractivity contribution in [2.45, 2.75) is 27.7 Å². The van der Waals surface area contributed by atoms with Gasteiger partial charge >= 0.3 is 0 Å². The van der Waals surface area contributed by atoms with Gasteiger partial charge in [-0.25, -0.2) is 0 Å². The number of allylic oxidation sites excluding steroid dienone is 1. The van der Waals surface area contributed by atoms with Crippen LogP contribution in [-0.2, 0) is 0 Å². The summed E-state index contributed by atoms with van der Waals surface area (Å²) in [7, 11) is 2.19. The second kappa shape index (κ2) is 11.7. The van der Waals surface area contributed by atoms with Crippen LogP contribution in [0.2, 0.25) is 0 Å². The number of hydrogen-bond donors (Lipinski definition) is 0. The summed E-state index contributed by atoms with van der Waals surface area (Å²) in [5.41, 5.74) is 12.5. The molecule has 0 aromatic heterocycles. The lowest BCUT2D eigenvalue weighted by molar-refractivity contribution is -0.400. The third kappa shape index (κ3) is 5.02. The molecule has 3 nitrogen and oxygen atoms in total. The lowest BCUT2D eigenvalue weighted by Gasteiger charge is -2.23. The van der Waals surface area contributed by atoms with Crippen LogP contribution < -0.4 is 9.80 Å². The van der Waals surface area contributed by atoms with Crippen LogP contribution in [0.1, 0.15) is 49.9 Å². The molecule has 0 radical (unpaired) electrons. The van der Waals surface area contributed by atoms with Gasteiger partial charge in [0.15, 0.2) is 0 Å². The molecule has 0 aliphatic carbocycles. The Kier molecular flexibility index (Phi) is 7.97. The van der Waals surface area contributed by atoms with Gasteiger partial charge in [0.25, 0.3) is 0 Å². The van der Waals surface area contributed by atoms with Crippen molar-refractivity contribution in [2.24, 2.45) is 0 Å². The quantitative estimate of drug-likeness (QED) is 0.209. The van der Waals surface area contributed by atoms with E-state index in [1.807, 2.05) is 0 Å². The zero-order valence-electron chi connectivity index (χ0n) is 24.0. The normalized spacial score (nSPS) is 12.5. The van der Waals surface area contributed by atoms with Gasteiger partial charge in [-0.2, -0.15) is 4.58 Å². The van der Waals surface area contributed by atoms with Crippen molar-refractivity contribution in [3.63, 3.8) is 0 Å². The van der Waals surface area contributed by atoms with Gasteiger partial charge in [0.05, 0.1) is 11.1 Å². The van der Waals surface area contributed by atoms with E-state index in [2.05, 4.69) is 152 Å². The standard InChI is InChI=1S/C36H40N3/c1-6-38(7-2)30-23-19-27(20-24-30)34(28-21-25-31(26-22-28)39(8-3)9-4)35-32-17-13-14-18-33(32)37(5)36(35)29-15-11-10-12-16-29/h10-26H,6-9H2,1-5H3/q+1. The average Bonchev–Trinajstić information content (AvgIpc) is 3.28. The van der Waals surface area contributed by atoms with Crippen LogP contribution in [0.4, 0.5) is 17.1 Å². The van der Waals surface area contributed by atoms with E-state index in [0.717, 1.165) is 26.2 Å². The first-order chi connectivity index (χ1) is 19.1. The number of hydrogen-bond acceptors (Lipinski definition) is 2. The van der Waals surface area contributed by atoms with Crippen LogP contribution in [-0.4, -0.2) is 43.5 Å². The lowest BCUT2D eigenvalue weighted by atomic mass is 9.86. The van der Waals surface area contributed by atoms with E-state index >= 15 is 0 Å². The number of fused-ring (bicyclic) bond motifs is 1. The van der Waals surface area contributed by atoms with Gasteiger partial charge in [-0.1, -0.05) is 54.6 Å². The number of rotatable bonds is 9. The maximum Gasteiger partial charge on any atom is 0.221 e. The fraction of sp³-hybridized carbons (Fsp3) is 0.250. The molecule has 198 valence electrons. The monoisotopic (exact) mass is 514 g/mol. The predicted octanol–water partition coefficient (Wildman–Crippen LogP) is 8.11. The molecule has 1 aliphatic heterocycles. The molecule has 0 N–H and O–H groups in total. The molecule has 4 aromatic carbocycles. The lowest BCUT2D eigenvalue weighted by Crippen LogP contribution is -2.21. The fourth-order valence-corrected chi connectivity index (χ4v) is 5.89. The van der Waals surface area contributed by atoms with E-state index in [4.69, 9.17) is 0 Å². The topological polar surface area (TPSA) is 9.49 Å². The highest BCUT2D eigenvalue weighted by atomic mass is 15.1. The molecular formula is C36H40N3+. The maximum atomic E-state index is 2.40. The molecule has 0 fully saturated rings. The Labute approximate surface area is 234 Å². The van der Waals surface area contributed by atoms with Crippen molar-refractivity contribution in [2.75, 3.05) is 43.0 Å². The van der Waals surface area contributed by atoms with Gasteiger partial charge in [-0.05, 0) is 81.3 Å². The smallest absolute Gasteiger partial charge is 0.221 e. The minimum absolute atomic E-state index is 1.00. The van der Waals surface area contributed by atoms with Gasteiger partial charge in [0, 0.05) is 54.8 Å². The minimum Gasteiger partial charge on any atom is -0.372 e. The summed E-state index contributed by atoms with van der Waals surface area (Å²) in [6.07, 6.45) is 0. The summed E-state index contributed by atoms with van der Waals surface area (Å²) in [5.74, 6) is 0. The van der Waals surface area contributed by atoms with Crippen molar-refractivity contribution >= 4 is 33.9 Å². The van der Waals surface area contributed by atoms with Crippen molar-refractivity contribution in [3.05, 3.63) is 125 Å². The first-order valence-electron chi connectivity index (χ1n) is 14.3. The van der Waals surface area contributed by atoms with Gasteiger partial charge in [0.1, 0.15) is 7.05 Å². The molecule has 0 saturated carbocycles. The van der Waals surface area contributed by atoms with Gasteiger partial charge in [-0.15, -0.1) is 0 Å². The molecule has 0 amide bonds. The maximum absolute atomic E-state index is 2.40. The Bertz CT molecular complexity index is 1410. The highest BCUT2D eigenvalue weighted by molar-refractivity contribution is 6.38. The van der Waals surface area contributed by atoms with Gasteiger partial charge < -0.3 is 9.80 Å². The molecule has 0 spiro atoms. The number of anilines is 2. The predicted molar refractivity (Wildman–Crippen MR) is 169 cm³/mol. The summed E-state index contributed by atoms with van der Waals surface area (Å²) in [5, 5.41) is 0.